The third kappa shape index (κ3) is 7.83. The van der Waals surface area contributed by atoms with Gasteiger partial charge in [0, 0.05) is 6.42 Å². The lowest BCUT2D eigenvalue weighted by atomic mass is 10.5. The number of rotatable bonds is 3. The van der Waals surface area contributed by atoms with E-state index in [0.29, 0.717) is 0 Å². The van der Waals surface area contributed by atoms with E-state index in [1.807, 2.05) is 0 Å². The van der Waals surface area contributed by atoms with Gasteiger partial charge in [0.05, 0.1) is 5.75 Å². The first-order valence-electron chi connectivity index (χ1n) is 2.28. The van der Waals surface area contributed by atoms with E-state index in [0.717, 1.165) is 0 Å². The zero-order valence-corrected chi connectivity index (χ0v) is 5.50. The van der Waals surface area contributed by atoms with Crippen molar-refractivity contribution in [1.29, 1.82) is 0 Å². The van der Waals surface area contributed by atoms with Gasteiger partial charge in [0.15, 0.2) is 6.29 Å². The Balaban J connectivity index is 3.53. The van der Waals surface area contributed by atoms with Crippen LogP contribution in [0.4, 0.5) is 0 Å². The predicted molar refractivity (Wildman–Crippen MR) is 30.8 cm³/mol. The minimum Gasteiger partial charge on any atom is -0.368 e. The number of primary sulfonamides is 1. The Morgan fingerprint density at radius 3 is 2.00 bits per heavy atom. The third-order valence-corrected chi connectivity index (χ3v) is 1.47. The molecule has 0 saturated carbocycles. The molecule has 0 aromatic heterocycles. The molecule has 0 aliphatic rings. The fourth-order valence-electron chi connectivity index (χ4n) is 0.270. The van der Waals surface area contributed by atoms with Crippen molar-refractivity contribution < 1.29 is 18.6 Å². The average molecular weight is 155 g/mol. The van der Waals surface area contributed by atoms with Gasteiger partial charge in [0.25, 0.3) is 0 Å². The van der Waals surface area contributed by atoms with Gasteiger partial charge in [-0.05, 0) is 0 Å². The van der Waals surface area contributed by atoms with Gasteiger partial charge in [-0.15, -0.1) is 0 Å². The van der Waals surface area contributed by atoms with E-state index in [9.17, 15) is 8.42 Å². The molecular formula is C3H9NO4S. The number of hydrogen-bond acceptors (Lipinski definition) is 4. The molecule has 0 saturated heterocycles. The molecule has 4 N–H and O–H groups in total. The molecule has 0 radical (unpaired) electrons. The van der Waals surface area contributed by atoms with Crippen molar-refractivity contribution in [2.24, 2.45) is 5.14 Å². The molecule has 0 aliphatic heterocycles. The first-order valence-corrected chi connectivity index (χ1v) is 4.00. The first-order chi connectivity index (χ1) is 3.92. The quantitative estimate of drug-likeness (QED) is 0.409. The van der Waals surface area contributed by atoms with Crippen molar-refractivity contribution in [3.63, 3.8) is 0 Å². The molecule has 0 fully saturated rings. The molecule has 0 amide bonds. The lowest BCUT2D eigenvalue weighted by Gasteiger charge is -1.99. The number of aliphatic hydroxyl groups excluding tert-OH is 1. The summed E-state index contributed by atoms with van der Waals surface area (Å²) >= 11 is 0. The molecule has 5 nitrogen and oxygen atoms in total. The number of sulfonamides is 1. The summed E-state index contributed by atoms with van der Waals surface area (Å²) in [7, 11) is -3.54. The van der Waals surface area contributed by atoms with Crippen molar-refractivity contribution in [2.75, 3.05) is 5.75 Å². The topological polar surface area (TPSA) is 101 Å². The molecule has 0 bridgehead atoms. The third-order valence-electron chi connectivity index (χ3n) is 0.661. The minimum atomic E-state index is -3.54. The second-order valence-electron chi connectivity index (χ2n) is 1.64. The Morgan fingerprint density at radius 2 is 1.89 bits per heavy atom. The van der Waals surface area contributed by atoms with E-state index >= 15 is 0 Å². The molecule has 0 unspecified atom stereocenters. The Hall–Kier alpha value is -0.170. The van der Waals surface area contributed by atoms with Gasteiger partial charge in [0.2, 0.25) is 10.0 Å². The van der Waals surface area contributed by atoms with Crippen molar-refractivity contribution in [2.45, 2.75) is 12.7 Å². The largest absolute Gasteiger partial charge is 0.368 e. The summed E-state index contributed by atoms with van der Waals surface area (Å²) in [5, 5.41) is 20.8. The smallest absolute Gasteiger partial charge is 0.209 e. The van der Waals surface area contributed by atoms with E-state index in [1.165, 1.54) is 0 Å². The van der Waals surface area contributed by atoms with E-state index < -0.39 is 22.1 Å². The number of aliphatic hydroxyl groups is 2. The molecule has 9 heavy (non-hydrogen) atoms. The highest BCUT2D eigenvalue weighted by atomic mass is 32.2. The second kappa shape index (κ2) is 3.11. The van der Waals surface area contributed by atoms with Crippen LogP contribution in [0.3, 0.4) is 0 Å². The van der Waals surface area contributed by atoms with Gasteiger partial charge in [-0.1, -0.05) is 0 Å². The predicted octanol–water partition coefficient (Wildman–Crippen LogP) is -2.02. The molecule has 0 aliphatic carbocycles. The molecule has 0 rings (SSSR count). The van der Waals surface area contributed by atoms with Crippen LogP contribution in [0, 0.1) is 0 Å². The van der Waals surface area contributed by atoms with Gasteiger partial charge >= 0.3 is 0 Å². The summed E-state index contributed by atoms with van der Waals surface area (Å²) in [6, 6.07) is 0. The van der Waals surface area contributed by atoms with Gasteiger partial charge in [-0.25, -0.2) is 13.6 Å². The van der Waals surface area contributed by atoms with E-state index in [1.54, 1.807) is 0 Å². The molecular weight excluding hydrogens is 146 g/mol. The summed E-state index contributed by atoms with van der Waals surface area (Å²) in [5.74, 6) is -0.398. The maximum atomic E-state index is 10.1. The normalized spacial score (nSPS) is 12.4. The monoisotopic (exact) mass is 155 g/mol. The standard InChI is InChI=1S/C3H9NO4S/c4-9(7,8)2-1-3(5)6/h3,5-6H,1-2H2,(H2,4,7,8). The van der Waals surface area contributed by atoms with Crippen LogP contribution in [0.15, 0.2) is 0 Å². The van der Waals surface area contributed by atoms with Gasteiger partial charge in [-0.3, -0.25) is 0 Å². The average Bonchev–Trinajstić information content (AvgIpc) is 1.59. The highest BCUT2D eigenvalue weighted by molar-refractivity contribution is 7.89. The maximum absolute atomic E-state index is 10.1. The second-order valence-corrected chi connectivity index (χ2v) is 3.37. The van der Waals surface area contributed by atoms with Crippen LogP contribution in [-0.4, -0.2) is 30.7 Å². The first kappa shape index (κ1) is 8.83. The Kier molecular flexibility index (Phi) is 3.06. The summed E-state index contributed by atoms with van der Waals surface area (Å²) in [6.45, 7) is 0. The zero-order valence-electron chi connectivity index (χ0n) is 4.69. The fourth-order valence-corrected chi connectivity index (χ4v) is 0.809. The molecule has 6 heteroatoms. The van der Waals surface area contributed by atoms with Crippen LogP contribution in [0.25, 0.3) is 0 Å². The summed E-state index contributed by atoms with van der Waals surface area (Å²) in [6.07, 6.45) is -1.83. The van der Waals surface area contributed by atoms with E-state index in [4.69, 9.17) is 10.2 Å². The Morgan fingerprint density at radius 1 is 1.44 bits per heavy atom. The van der Waals surface area contributed by atoms with Crippen LogP contribution in [0.2, 0.25) is 0 Å². The molecule has 0 spiro atoms. The summed E-state index contributed by atoms with van der Waals surface area (Å²) in [4.78, 5) is 0. The number of nitrogens with two attached hydrogens (primary N) is 1. The van der Waals surface area contributed by atoms with Crippen molar-refractivity contribution >= 4 is 10.0 Å². The Labute approximate surface area is 53.2 Å². The van der Waals surface area contributed by atoms with Crippen molar-refractivity contribution in [1.82, 2.24) is 0 Å². The van der Waals surface area contributed by atoms with Crippen LogP contribution in [0.5, 0.6) is 0 Å². The minimum absolute atomic E-state index is 0.237. The highest BCUT2D eigenvalue weighted by Crippen LogP contribution is 1.88. The SMILES string of the molecule is NS(=O)(=O)CCC(O)O. The summed E-state index contributed by atoms with van der Waals surface area (Å²) in [5.41, 5.74) is 0. The van der Waals surface area contributed by atoms with Crippen LogP contribution >= 0.6 is 0 Å². The lowest BCUT2D eigenvalue weighted by molar-refractivity contribution is -0.0407. The van der Waals surface area contributed by atoms with E-state index in [-0.39, 0.29) is 6.42 Å². The molecule has 0 heterocycles. The maximum Gasteiger partial charge on any atom is 0.209 e. The highest BCUT2D eigenvalue weighted by Gasteiger charge is 2.05. The van der Waals surface area contributed by atoms with Gasteiger partial charge < -0.3 is 10.2 Å². The van der Waals surface area contributed by atoms with Crippen molar-refractivity contribution in [3.05, 3.63) is 0 Å². The number of hydrogen-bond donors (Lipinski definition) is 3. The van der Waals surface area contributed by atoms with Crippen LogP contribution in [-0.2, 0) is 10.0 Å². The molecule has 0 aromatic rings. The molecule has 56 valence electrons. The zero-order chi connectivity index (χ0) is 7.49. The van der Waals surface area contributed by atoms with Crippen LogP contribution in [0.1, 0.15) is 6.42 Å². The lowest BCUT2D eigenvalue weighted by Crippen LogP contribution is -2.20. The van der Waals surface area contributed by atoms with Gasteiger partial charge in [-0.2, -0.15) is 0 Å². The fraction of sp³-hybridized carbons (Fsp3) is 1.00. The van der Waals surface area contributed by atoms with Gasteiger partial charge in [0.1, 0.15) is 0 Å². The Bertz CT molecular complexity index is 161. The van der Waals surface area contributed by atoms with Crippen LogP contribution < -0.4 is 5.14 Å². The summed E-state index contributed by atoms with van der Waals surface area (Å²) < 4.78 is 20.2. The molecule has 0 atom stereocenters. The van der Waals surface area contributed by atoms with E-state index in [2.05, 4.69) is 5.14 Å². The molecule has 0 aromatic carbocycles. The van der Waals surface area contributed by atoms with Crippen molar-refractivity contribution in [3.8, 4) is 0 Å².